The molecule has 0 atom stereocenters. The van der Waals surface area contributed by atoms with Gasteiger partial charge in [0.1, 0.15) is 4.90 Å². The van der Waals surface area contributed by atoms with Crippen molar-refractivity contribution < 1.29 is 64.8 Å². The summed E-state index contributed by atoms with van der Waals surface area (Å²) in [7, 11) is -9.50. The fourth-order valence-corrected chi connectivity index (χ4v) is 7.29. The topological polar surface area (TPSA) is 244 Å². The zero-order valence-corrected chi connectivity index (χ0v) is 29.0. The third-order valence-electron chi connectivity index (χ3n) is 7.57. The number of amides is 2. The van der Waals surface area contributed by atoms with Gasteiger partial charge in [-0.25, -0.2) is 10.5 Å². The number of hydrogen-bond donors (Lipinski definition) is 6. The van der Waals surface area contributed by atoms with Gasteiger partial charge in [0.25, 0.3) is 32.1 Å². The van der Waals surface area contributed by atoms with Crippen molar-refractivity contribution in [3.05, 3.63) is 108 Å². The largest absolute Gasteiger partial charge is 0.321 e. The maximum Gasteiger partial charge on any atom is 0.296 e. The molecular weight excluding hydrogens is 765 g/mol. The predicted octanol–water partition coefficient (Wildman–Crippen LogP) is 7.00. The van der Waals surface area contributed by atoms with Crippen LogP contribution >= 0.6 is 24.1 Å². The van der Waals surface area contributed by atoms with Crippen molar-refractivity contribution >= 4 is 99.8 Å². The summed E-state index contributed by atoms with van der Waals surface area (Å²) >= 11 is 1.39. The molecule has 0 radical (unpaired) electrons. The van der Waals surface area contributed by atoms with Crippen LogP contribution in [-0.4, -0.2) is 48.3 Å². The molecule has 268 valence electrons. The summed E-state index contributed by atoms with van der Waals surface area (Å²) < 4.78 is 75.8. The van der Waals surface area contributed by atoms with Crippen LogP contribution in [0, 0.1) is 0 Å². The molecule has 6 rings (SSSR count). The van der Waals surface area contributed by atoms with E-state index in [-0.39, 0.29) is 22.2 Å². The van der Waals surface area contributed by atoms with Crippen LogP contribution in [0.5, 0.6) is 0 Å². The van der Waals surface area contributed by atoms with Gasteiger partial charge in [-0.05, 0) is 105 Å². The molecule has 0 heterocycles. The second kappa shape index (κ2) is 15.1. The SMILES string of the molecule is O=C(Nc1cc2ccc(SOOO)cc2cc1SOOO)c1ccc2cc(C(=O)Nc3cc4ccc(S(=O)(=O)O)cc4cc3S(=O)(=O)O)ccc2c1. The molecule has 6 aromatic carbocycles. The number of carbonyl (C=O) groups is 2. The Labute approximate surface area is 301 Å². The Morgan fingerprint density at radius 1 is 0.538 bits per heavy atom. The molecule has 0 unspecified atom stereocenters. The quantitative estimate of drug-likeness (QED) is 0.0316. The highest BCUT2D eigenvalue weighted by molar-refractivity contribution is 7.95. The molecule has 0 aromatic heterocycles. The number of carbonyl (C=O) groups excluding carboxylic acids is 2. The van der Waals surface area contributed by atoms with E-state index < -0.39 is 41.8 Å². The number of rotatable bonds is 12. The molecule has 2 amide bonds. The minimum Gasteiger partial charge on any atom is -0.321 e. The maximum atomic E-state index is 13.4. The summed E-state index contributed by atoms with van der Waals surface area (Å²) in [6, 6.07) is 23.3. The van der Waals surface area contributed by atoms with Gasteiger partial charge in [-0.1, -0.05) is 34.3 Å². The average molecular weight is 787 g/mol. The average Bonchev–Trinajstić information content (AvgIpc) is 3.11. The van der Waals surface area contributed by atoms with E-state index >= 15 is 0 Å². The minimum absolute atomic E-state index is 0.0592. The van der Waals surface area contributed by atoms with Gasteiger partial charge in [0.05, 0.1) is 45.3 Å². The Morgan fingerprint density at radius 2 is 1.06 bits per heavy atom. The van der Waals surface area contributed by atoms with Crippen molar-refractivity contribution in [3.63, 3.8) is 0 Å². The zero-order valence-electron chi connectivity index (χ0n) is 25.7. The Kier molecular flexibility index (Phi) is 10.8. The summed E-state index contributed by atoms with van der Waals surface area (Å²) in [5.41, 5.74) is 0.394. The van der Waals surface area contributed by atoms with E-state index in [1.54, 1.807) is 48.5 Å². The van der Waals surface area contributed by atoms with Gasteiger partial charge in [-0.15, -0.1) is 8.67 Å². The van der Waals surface area contributed by atoms with Crippen LogP contribution in [0.15, 0.2) is 117 Å². The van der Waals surface area contributed by atoms with Gasteiger partial charge in [0.15, 0.2) is 0 Å². The molecule has 0 aliphatic rings. The van der Waals surface area contributed by atoms with Crippen LogP contribution in [-0.2, 0) is 39.0 Å². The summed E-state index contributed by atoms with van der Waals surface area (Å²) in [4.78, 5) is 26.4. The van der Waals surface area contributed by atoms with E-state index in [4.69, 9.17) is 10.5 Å². The van der Waals surface area contributed by atoms with Crippen molar-refractivity contribution in [1.29, 1.82) is 0 Å². The first-order valence-electron chi connectivity index (χ1n) is 14.3. The van der Waals surface area contributed by atoms with Crippen LogP contribution in [0.1, 0.15) is 20.7 Å². The molecule has 0 saturated heterocycles. The molecule has 0 fully saturated rings. The fourth-order valence-electron chi connectivity index (χ4n) is 5.22. The van der Waals surface area contributed by atoms with Gasteiger partial charge in [0, 0.05) is 16.0 Å². The van der Waals surface area contributed by atoms with Crippen molar-refractivity contribution in [2.24, 2.45) is 0 Å². The smallest absolute Gasteiger partial charge is 0.296 e. The molecule has 0 aliphatic carbocycles. The molecular formula is C32H22N2O14S4. The summed E-state index contributed by atoms with van der Waals surface area (Å²) in [6.07, 6.45) is 0. The predicted molar refractivity (Wildman–Crippen MR) is 189 cm³/mol. The summed E-state index contributed by atoms with van der Waals surface area (Å²) in [5.74, 6) is -1.24. The number of hydrogen-bond acceptors (Lipinski definition) is 14. The molecule has 6 N–H and O–H groups in total. The third kappa shape index (κ3) is 8.34. The number of benzene rings is 6. The van der Waals surface area contributed by atoms with Crippen LogP contribution in [0.3, 0.4) is 0 Å². The Bertz CT molecular complexity index is 2620. The van der Waals surface area contributed by atoms with Crippen molar-refractivity contribution in [2.75, 3.05) is 10.6 Å². The monoisotopic (exact) mass is 786 g/mol. The van der Waals surface area contributed by atoms with Gasteiger partial charge in [-0.2, -0.15) is 16.8 Å². The summed E-state index contributed by atoms with van der Waals surface area (Å²) in [6.45, 7) is 0. The highest BCUT2D eigenvalue weighted by Gasteiger charge is 2.21. The molecule has 0 spiro atoms. The van der Waals surface area contributed by atoms with E-state index in [0.29, 0.717) is 54.5 Å². The van der Waals surface area contributed by atoms with Crippen molar-refractivity contribution in [2.45, 2.75) is 19.6 Å². The molecule has 52 heavy (non-hydrogen) atoms. The highest BCUT2D eigenvalue weighted by atomic mass is 32.2. The van der Waals surface area contributed by atoms with E-state index in [2.05, 4.69) is 29.4 Å². The summed E-state index contributed by atoms with van der Waals surface area (Å²) in [5, 5.41) is 32.6. The highest BCUT2D eigenvalue weighted by Crippen LogP contribution is 2.35. The minimum atomic E-state index is -4.90. The van der Waals surface area contributed by atoms with E-state index in [9.17, 15) is 35.5 Å². The van der Waals surface area contributed by atoms with Crippen molar-refractivity contribution in [3.8, 4) is 0 Å². The molecule has 0 saturated carbocycles. The zero-order chi connectivity index (χ0) is 37.2. The van der Waals surface area contributed by atoms with E-state index in [0.717, 1.165) is 30.2 Å². The first-order valence-corrected chi connectivity index (χ1v) is 18.7. The molecule has 6 aromatic rings. The Balaban J connectivity index is 1.24. The lowest BCUT2D eigenvalue weighted by Crippen LogP contribution is -2.15. The first-order chi connectivity index (χ1) is 24.7. The number of nitrogens with one attached hydrogen (secondary N) is 2. The van der Waals surface area contributed by atoms with Crippen molar-refractivity contribution in [1.82, 2.24) is 0 Å². The lowest BCUT2D eigenvalue weighted by Gasteiger charge is -2.13. The van der Waals surface area contributed by atoms with Gasteiger partial charge >= 0.3 is 0 Å². The molecule has 0 bridgehead atoms. The number of anilines is 2. The third-order valence-corrected chi connectivity index (χ3v) is 10.5. The van der Waals surface area contributed by atoms with Crippen LogP contribution in [0.4, 0.5) is 11.4 Å². The lowest BCUT2D eigenvalue weighted by atomic mass is 10.0. The molecule has 0 aliphatic heterocycles. The second-order valence-corrected chi connectivity index (χ2v) is 15.1. The fraction of sp³-hybridized carbons (Fsp3) is 0. The van der Waals surface area contributed by atoms with Crippen LogP contribution < -0.4 is 10.6 Å². The van der Waals surface area contributed by atoms with Crippen LogP contribution in [0.25, 0.3) is 32.3 Å². The van der Waals surface area contributed by atoms with Crippen LogP contribution in [0.2, 0.25) is 0 Å². The first kappa shape index (κ1) is 37.1. The van der Waals surface area contributed by atoms with E-state index in [1.165, 1.54) is 30.3 Å². The Morgan fingerprint density at radius 3 is 1.65 bits per heavy atom. The lowest BCUT2D eigenvalue weighted by molar-refractivity contribution is -0.432. The molecule has 20 heteroatoms. The number of fused-ring (bicyclic) bond motifs is 3. The molecule has 16 nitrogen and oxygen atoms in total. The standard InChI is InChI=1S/C32H22N2O14S4/c35-31(33-27-13-19-5-7-25(49-47-45-37)11-23(19)15-29(27)50-48-46-38)21-3-1-18-10-22(4-2-17(18)9-21)32(36)34-28-14-20-6-8-26(51(39,40)41)12-24(20)16-30(28)52(42,43)44/h1-16,37-38H,(H,33,35)(H,34,36)(H,39,40,41)(H,42,43,44). The van der Waals surface area contributed by atoms with E-state index in [1.807, 2.05) is 0 Å². The Hall–Kier alpha value is -4.68. The normalized spacial score (nSPS) is 12.0. The second-order valence-electron chi connectivity index (χ2n) is 10.8. The van der Waals surface area contributed by atoms with Gasteiger partial charge in [0.2, 0.25) is 0 Å². The maximum absolute atomic E-state index is 13.4. The van der Waals surface area contributed by atoms with Gasteiger partial charge < -0.3 is 10.6 Å². The van der Waals surface area contributed by atoms with Gasteiger partial charge in [-0.3, -0.25) is 18.7 Å².